The first kappa shape index (κ1) is 12.8. The highest BCUT2D eigenvalue weighted by Gasteiger charge is 2.34. The van der Waals surface area contributed by atoms with Crippen LogP contribution < -0.4 is 0 Å². The van der Waals surface area contributed by atoms with Crippen LogP contribution >= 0.6 is 15.9 Å². The summed E-state index contributed by atoms with van der Waals surface area (Å²) in [6.45, 7) is 3.93. The molecule has 16 heavy (non-hydrogen) atoms. The lowest BCUT2D eigenvalue weighted by molar-refractivity contribution is 0.136. The molecule has 1 saturated heterocycles. The van der Waals surface area contributed by atoms with Gasteiger partial charge in [-0.1, -0.05) is 35.2 Å². The monoisotopic (exact) mass is 289 g/mol. The summed E-state index contributed by atoms with van der Waals surface area (Å²) in [5.41, 5.74) is 0.530. The van der Waals surface area contributed by atoms with E-state index < -0.39 is 0 Å². The van der Waals surface area contributed by atoms with Crippen molar-refractivity contribution in [1.29, 1.82) is 0 Å². The van der Waals surface area contributed by atoms with Crippen LogP contribution in [0.2, 0.25) is 0 Å². The third-order valence-electron chi connectivity index (χ3n) is 4.38. The molecule has 2 fully saturated rings. The average molecular weight is 290 g/mol. The average Bonchev–Trinajstić information content (AvgIpc) is 2.78. The number of aliphatic hydroxyl groups excluding tert-OH is 1. The minimum atomic E-state index is 0.373. The van der Waals surface area contributed by atoms with Gasteiger partial charge in [-0.25, -0.2) is 0 Å². The number of likely N-dealkylation sites (tertiary alicyclic amines) is 1. The van der Waals surface area contributed by atoms with Crippen molar-refractivity contribution in [3.63, 3.8) is 0 Å². The normalized spacial score (nSPS) is 30.8. The summed E-state index contributed by atoms with van der Waals surface area (Å²) in [5.74, 6) is 0.538. The van der Waals surface area contributed by atoms with Gasteiger partial charge in [0, 0.05) is 25.0 Å². The fraction of sp³-hybridized carbons (Fsp3) is 1.00. The van der Waals surface area contributed by atoms with Crippen molar-refractivity contribution in [1.82, 2.24) is 4.90 Å². The Kier molecular flexibility index (Phi) is 4.68. The third kappa shape index (κ3) is 2.99. The zero-order valence-electron chi connectivity index (χ0n) is 10.1. The van der Waals surface area contributed by atoms with Gasteiger partial charge < -0.3 is 10.0 Å². The molecule has 1 saturated carbocycles. The molecule has 2 aliphatic rings. The van der Waals surface area contributed by atoms with E-state index in [4.69, 9.17) is 0 Å². The highest BCUT2D eigenvalue weighted by molar-refractivity contribution is 9.09. The van der Waals surface area contributed by atoms with Gasteiger partial charge in [0.15, 0.2) is 0 Å². The van der Waals surface area contributed by atoms with Gasteiger partial charge in [-0.2, -0.15) is 0 Å². The lowest BCUT2D eigenvalue weighted by Crippen LogP contribution is -2.39. The standard InChI is InChI=1S/C13H24BrNO/c14-10-13(5-2-1-3-6-13)11-15-7-4-12(8-15)9-16/h12,16H,1-11H2. The molecular formula is C13H24BrNO. The molecule has 1 aliphatic heterocycles. The Bertz CT molecular complexity index is 216. The van der Waals surface area contributed by atoms with E-state index in [-0.39, 0.29) is 0 Å². The zero-order valence-corrected chi connectivity index (χ0v) is 11.7. The minimum absolute atomic E-state index is 0.373. The number of halogens is 1. The molecule has 0 aromatic rings. The van der Waals surface area contributed by atoms with Crippen molar-refractivity contribution < 1.29 is 5.11 Å². The molecular weight excluding hydrogens is 266 g/mol. The summed E-state index contributed by atoms with van der Waals surface area (Å²) in [4.78, 5) is 2.58. The second-order valence-electron chi connectivity index (χ2n) is 5.77. The Hall–Kier alpha value is 0.400. The van der Waals surface area contributed by atoms with Crippen molar-refractivity contribution in [2.45, 2.75) is 38.5 Å². The summed E-state index contributed by atoms with van der Waals surface area (Å²) >= 11 is 3.73. The third-order valence-corrected chi connectivity index (χ3v) is 5.57. The number of nitrogens with zero attached hydrogens (tertiary/aromatic N) is 1. The molecule has 0 spiro atoms. The molecule has 1 unspecified atom stereocenters. The molecule has 0 aromatic heterocycles. The van der Waals surface area contributed by atoms with Crippen LogP contribution in [0.25, 0.3) is 0 Å². The Morgan fingerprint density at radius 1 is 1.25 bits per heavy atom. The fourth-order valence-corrected chi connectivity index (χ4v) is 4.05. The number of rotatable bonds is 4. The summed E-state index contributed by atoms with van der Waals surface area (Å²) in [5, 5.41) is 10.3. The molecule has 0 bridgehead atoms. The van der Waals surface area contributed by atoms with E-state index in [0.717, 1.165) is 11.9 Å². The van der Waals surface area contributed by atoms with Crippen LogP contribution in [0, 0.1) is 11.3 Å². The molecule has 1 N–H and O–H groups in total. The fourth-order valence-electron chi connectivity index (χ4n) is 3.32. The topological polar surface area (TPSA) is 23.5 Å². The minimum Gasteiger partial charge on any atom is -0.396 e. The molecule has 3 heteroatoms. The molecule has 2 nitrogen and oxygen atoms in total. The molecule has 0 amide bonds. The number of hydrogen-bond acceptors (Lipinski definition) is 2. The van der Waals surface area contributed by atoms with E-state index in [1.165, 1.54) is 51.6 Å². The molecule has 0 radical (unpaired) electrons. The van der Waals surface area contributed by atoms with Gasteiger partial charge in [0.2, 0.25) is 0 Å². The zero-order chi connectivity index (χ0) is 11.4. The first-order valence-corrected chi connectivity index (χ1v) is 7.79. The Labute approximate surface area is 108 Å². The highest BCUT2D eigenvalue weighted by Crippen LogP contribution is 2.39. The van der Waals surface area contributed by atoms with Gasteiger partial charge in [0.25, 0.3) is 0 Å². The van der Waals surface area contributed by atoms with Gasteiger partial charge in [-0.3, -0.25) is 0 Å². The Balaban J connectivity index is 1.86. The van der Waals surface area contributed by atoms with Gasteiger partial charge >= 0.3 is 0 Å². The molecule has 1 aliphatic carbocycles. The van der Waals surface area contributed by atoms with E-state index in [2.05, 4.69) is 20.8 Å². The van der Waals surface area contributed by atoms with Crippen molar-refractivity contribution in [2.75, 3.05) is 31.6 Å². The lowest BCUT2D eigenvalue weighted by Gasteiger charge is -2.39. The molecule has 2 rings (SSSR count). The number of hydrogen-bond donors (Lipinski definition) is 1. The van der Waals surface area contributed by atoms with E-state index in [9.17, 15) is 5.11 Å². The summed E-state index contributed by atoms with van der Waals surface area (Å²) in [6.07, 6.45) is 8.20. The lowest BCUT2D eigenvalue weighted by atomic mass is 9.75. The van der Waals surface area contributed by atoms with Crippen LogP contribution in [0.15, 0.2) is 0 Å². The van der Waals surface area contributed by atoms with Crippen LogP contribution in [-0.2, 0) is 0 Å². The summed E-state index contributed by atoms with van der Waals surface area (Å²) in [7, 11) is 0. The molecule has 1 atom stereocenters. The van der Waals surface area contributed by atoms with E-state index >= 15 is 0 Å². The van der Waals surface area contributed by atoms with E-state index in [1.807, 2.05) is 0 Å². The first-order chi connectivity index (χ1) is 7.78. The van der Waals surface area contributed by atoms with Gasteiger partial charge in [0.05, 0.1) is 0 Å². The maximum absolute atomic E-state index is 9.18. The Morgan fingerprint density at radius 3 is 2.56 bits per heavy atom. The maximum atomic E-state index is 9.18. The number of aliphatic hydroxyl groups is 1. The van der Waals surface area contributed by atoms with Crippen LogP contribution in [0.1, 0.15) is 38.5 Å². The quantitative estimate of drug-likeness (QED) is 0.805. The van der Waals surface area contributed by atoms with Crippen molar-refractivity contribution in [2.24, 2.45) is 11.3 Å². The first-order valence-electron chi connectivity index (χ1n) is 6.67. The SMILES string of the molecule is OCC1CCN(CC2(CBr)CCCCC2)C1. The molecule has 0 aromatic carbocycles. The van der Waals surface area contributed by atoms with Gasteiger partial charge in [-0.15, -0.1) is 0 Å². The van der Waals surface area contributed by atoms with Gasteiger partial charge in [-0.05, 0) is 37.1 Å². The second kappa shape index (κ2) is 5.83. The van der Waals surface area contributed by atoms with Crippen LogP contribution in [0.5, 0.6) is 0 Å². The maximum Gasteiger partial charge on any atom is 0.0471 e. The van der Waals surface area contributed by atoms with Crippen molar-refractivity contribution in [3.8, 4) is 0 Å². The van der Waals surface area contributed by atoms with Crippen LogP contribution in [0.4, 0.5) is 0 Å². The Morgan fingerprint density at radius 2 is 2.00 bits per heavy atom. The van der Waals surface area contributed by atoms with E-state index in [1.54, 1.807) is 0 Å². The smallest absolute Gasteiger partial charge is 0.0471 e. The highest BCUT2D eigenvalue weighted by atomic mass is 79.9. The molecule has 94 valence electrons. The van der Waals surface area contributed by atoms with Gasteiger partial charge in [0.1, 0.15) is 0 Å². The summed E-state index contributed by atoms with van der Waals surface area (Å²) in [6, 6.07) is 0. The van der Waals surface area contributed by atoms with Crippen molar-refractivity contribution in [3.05, 3.63) is 0 Å². The predicted molar refractivity (Wildman–Crippen MR) is 70.9 cm³/mol. The van der Waals surface area contributed by atoms with Crippen molar-refractivity contribution >= 4 is 15.9 Å². The van der Waals surface area contributed by atoms with Crippen LogP contribution in [0.3, 0.4) is 0 Å². The van der Waals surface area contributed by atoms with Crippen LogP contribution in [-0.4, -0.2) is 41.6 Å². The largest absolute Gasteiger partial charge is 0.396 e. The number of alkyl halides is 1. The van der Waals surface area contributed by atoms with E-state index in [0.29, 0.717) is 17.9 Å². The molecule has 1 heterocycles. The summed E-state index contributed by atoms with van der Waals surface area (Å²) < 4.78 is 0. The predicted octanol–water partition coefficient (Wildman–Crippen LogP) is 2.65. The second-order valence-corrected chi connectivity index (χ2v) is 6.33.